The van der Waals surface area contributed by atoms with E-state index < -0.39 is 45.1 Å². The molecule has 0 unspecified atom stereocenters. The summed E-state index contributed by atoms with van der Waals surface area (Å²) in [6.07, 6.45) is 5.84. The Morgan fingerprint density at radius 1 is 1.11 bits per heavy atom. The second-order valence-electron chi connectivity index (χ2n) is 16.8. The molecule has 4 N–H and O–H groups in total. The van der Waals surface area contributed by atoms with Crippen LogP contribution in [0.5, 0.6) is 0 Å². The number of allylic oxidation sites excluding steroid dienone is 1. The highest BCUT2D eigenvalue weighted by molar-refractivity contribution is 6.00. The van der Waals surface area contributed by atoms with Crippen LogP contribution in [-0.4, -0.2) is 74.5 Å². The fourth-order valence-corrected chi connectivity index (χ4v) is 11.6. The highest BCUT2D eigenvalue weighted by atomic mass is 16.6. The fraction of sp³-hybridized carbons (Fsp3) is 0.865. The Bertz CT molecular complexity index is 1240. The molecule has 0 amide bonds. The van der Waals surface area contributed by atoms with Crippen LogP contribution < -0.4 is 11.1 Å². The lowest BCUT2D eigenvalue weighted by atomic mass is 9.34. The van der Waals surface area contributed by atoms with E-state index in [-0.39, 0.29) is 35.6 Å². The number of esters is 1. The van der Waals surface area contributed by atoms with E-state index in [4.69, 9.17) is 19.9 Å². The molecule has 0 radical (unpaired) electrons. The van der Waals surface area contributed by atoms with Crippen LogP contribution in [0.25, 0.3) is 0 Å². The van der Waals surface area contributed by atoms with E-state index in [2.05, 4.69) is 46.9 Å². The first-order chi connectivity index (χ1) is 21.5. The van der Waals surface area contributed by atoms with Gasteiger partial charge >= 0.3 is 11.9 Å². The van der Waals surface area contributed by atoms with Gasteiger partial charge in [0.25, 0.3) is 0 Å². The number of ketones is 1. The van der Waals surface area contributed by atoms with Gasteiger partial charge in [0.1, 0.15) is 12.2 Å². The average Bonchev–Trinajstić information content (AvgIpc) is 2.97. The molecule has 4 aliphatic carbocycles. The van der Waals surface area contributed by atoms with Crippen LogP contribution in [0.15, 0.2) is 11.6 Å². The molecule has 5 aliphatic rings. The van der Waals surface area contributed by atoms with Gasteiger partial charge < -0.3 is 30.4 Å². The second-order valence-corrected chi connectivity index (χ2v) is 16.8. The number of carbonyl (C=O) groups is 3. The molecule has 0 aromatic carbocycles. The van der Waals surface area contributed by atoms with Gasteiger partial charge in [-0.15, -0.1) is 0 Å². The molecule has 4 fully saturated rings. The summed E-state index contributed by atoms with van der Waals surface area (Å²) < 4.78 is 19.1. The maximum Gasteiger partial charge on any atom is 0.308 e. The molecular formula is C37H60N2O7. The molecule has 1 heterocycles. The Hall–Kier alpha value is -1.81. The summed E-state index contributed by atoms with van der Waals surface area (Å²) in [5, 5.41) is 14.3. The molecule has 3 saturated carbocycles. The van der Waals surface area contributed by atoms with Crippen LogP contribution in [0.1, 0.15) is 93.9 Å². The standard InChI is InChI=1S/C37H60N2O7/c1-22(2)23(3)33(5)12-13-35(7)25-10-11-28-34(6)20-44-21-37(28,26(25)18-29(41)36(35,8)30(33)32(42)43)19-27(46-24(4)40)31(34)45-17-16-39-15-9-14-38/h18,22-23,25,27-28,30-31,39H,9-17,19-21,38H2,1-8H3,(H,42,43)/t23-,25+,27-,28+,30-,31+,33-,34+,35-,36+,37+/m1/s1. The summed E-state index contributed by atoms with van der Waals surface area (Å²) in [5.41, 5.74) is 3.75. The number of hydrogen-bond donors (Lipinski definition) is 3. The number of nitrogens with one attached hydrogen (secondary N) is 1. The lowest BCUT2D eigenvalue weighted by Gasteiger charge is -2.70. The molecule has 1 aliphatic heterocycles. The predicted octanol–water partition coefficient (Wildman–Crippen LogP) is 5.01. The van der Waals surface area contributed by atoms with Crippen molar-refractivity contribution >= 4 is 17.7 Å². The number of carbonyl (C=O) groups excluding carboxylic acids is 2. The summed E-state index contributed by atoms with van der Waals surface area (Å²) in [6.45, 7) is 20.0. The molecule has 5 rings (SSSR count). The minimum absolute atomic E-state index is 0.0420. The lowest BCUT2D eigenvalue weighted by Crippen LogP contribution is -2.71. The molecule has 2 bridgehead atoms. The van der Waals surface area contributed by atoms with Crippen molar-refractivity contribution < 1.29 is 33.7 Å². The third-order valence-corrected chi connectivity index (χ3v) is 14.4. The minimum atomic E-state index is -1.04. The Morgan fingerprint density at radius 2 is 1.83 bits per heavy atom. The van der Waals surface area contributed by atoms with Gasteiger partial charge in [0.2, 0.25) is 0 Å². The summed E-state index contributed by atoms with van der Waals surface area (Å²) >= 11 is 0. The summed E-state index contributed by atoms with van der Waals surface area (Å²) in [4.78, 5) is 40.6. The van der Waals surface area contributed by atoms with E-state index in [0.717, 1.165) is 44.2 Å². The lowest BCUT2D eigenvalue weighted by molar-refractivity contribution is -0.265. The number of fused-ring (bicyclic) bond motifs is 3. The fourth-order valence-electron chi connectivity index (χ4n) is 11.6. The molecule has 11 atom stereocenters. The maximum absolute atomic E-state index is 14.8. The Labute approximate surface area is 276 Å². The smallest absolute Gasteiger partial charge is 0.308 e. The van der Waals surface area contributed by atoms with Crippen molar-refractivity contribution in [3.05, 3.63) is 11.6 Å². The van der Waals surface area contributed by atoms with E-state index in [0.29, 0.717) is 45.2 Å². The van der Waals surface area contributed by atoms with Gasteiger partial charge in [-0.25, -0.2) is 0 Å². The van der Waals surface area contributed by atoms with Crippen LogP contribution in [0, 0.1) is 56.7 Å². The summed E-state index contributed by atoms with van der Waals surface area (Å²) in [7, 11) is 0. The van der Waals surface area contributed by atoms with Crippen LogP contribution in [0.2, 0.25) is 0 Å². The zero-order valence-corrected chi connectivity index (χ0v) is 29.6. The van der Waals surface area contributed by atoms with E-state index in [1.807, 2.05) is 13.0 Å². The monoisotopic (exact) mass is 644 g/mol. The number of rotatable bonds is 11. The van der Waals surface area contributed by atoms with Crippen LogP contribution in [0.4, 0.5) is 0 Å². The van der Waals surface area contributed by atoms with Crippen molar-refractivity contribution in [3.63, 3.8) is 0 Å². The quantitative estimate of drug-likeness (QED) is 0.209. The molecule has 0 aromatic rings. The summed E-state index contributed by atoms with van der Waals surface area (Å²) in [5.74, 6) is -1.39. The molecular weight excluding hydrogens is 584 g/mol. The van der Waals surface area contributed by atoms with Gasteiger partial charge in [0.05, 0.1) is 25.7 Å². The minimum Gasteiger partial charge on any atom is -0.481 e. The largest absolute Gasteiger partial charge is 0.481 e. The predicted molar refractivity (Wildman–Crippen MR) is 176 cm³/mol. The van der Waals surface area contributed by atoms with Crippen molar-refractivity contribution in [1.29, 1.82) is 0 Å². The zero-order valence-electron chi connectivity index (χ0n) is 29.6. The molecule has 46 heavy (non-hydrogen) atoms. The van der Waals surface area contributed by atoms with Gasteiger partial charge in [-0.1, -0.05) is 54.0 Å². The van der Waals surface area contributed by atoms with Crippen molar-refractivity contribution in [2.45, 2.75) is 106 Å². The van der Waals surface area contributed by atoms with Crippen LogP contribution in [0.3, 0.4) is 0 Å². The van der Waals surface area contributed by atoms with E-state index in [9.17, 15) is 19.5 Å². The Kier molecular flexibility index (Phi) is 9.70. The SMILES string of the molecule is CC(=O)O[C@@H]1C[C@@]23COC[C@@](C)([C@@H]2CC[C@H]2C3=CC(=O)[C@@]3(C)[C@H](C(=O)O)[C@@](C)([C@H](C)C(C)C)CC[C@]23C)[C@H]1OCCNCCCN. The summed E-state index contributed by atoms with van der Waals surface area (Å²) in [6, 6.07) is 0. The van der Waals surface area contributed by atoms with Gasteiger partial charge in [-0.2, -0.15) is 0 Å². The Balaban J connectivity index is 1.55. The van der Waals surface area contributed by atoms with E-state index >= 15 is 0 Å². The van der Waals surface area contributed by atoms with Crippen molar-refractivity contribution in [2.24, 2.45) is 62.4 Å². The van der Waals surface area contributed by atoms with Gasteiger partial charge in [0.15, 0.2) is 5.78 Å². The number of nitrogens with two attached hydrogens (primary N) is 1. The number of ether oxygens (including phenoxy) is 3. The number of aliphatic carboxylic acids is 1. The van der Waals surface area contributed by atoms with Gasteiger partial charge in [0, 0.05) is 29.7 Å². The van der Waals surface area contributed by atoms with Gasteiger partial charge in [-0.3, -0.25) is 14.4 Å². The highest BCUT2D eigenvalue weighted by Gasteiger charge is 2.74. The highest BCUT2D eigenvalue weighted by Crippen LogP contribution is 2.74. The number of hydrogen-bond acceptors (Lipinski definition) is 8. The first-order valence-electron chi connectivity index (χ1n) is 17.8. The first kappa shape index (κ1) is 35.5. The average molecular weight is 645 g/mol. The second kappa shape index (κ2) is 12.6. The van der Waals surface area contributed by atoms with Crippen molar-refractivity contribution in [1.82, 2.24) is 5.32 Å². The molecule has 9 nitrogen and oxygen atoms in total. The third-order valence-electron chi connectivity index (χ3n) is 14.4. The molecule has 260 valence electrons. The number of carboxylic acids is 1. The Morgan fingerprint density at radius 3 is 2.46 bits per heavy atom. The molecule has 0 aromatic heterocycles. The maximum atomic E-state index is 14.8. The van der Waals surface area contributed by atoms with Crippen molar-refractivity contribution in [2.75, 3.05) is 39.5 Å². The van der Waals surface area contributed by atoms with E-state index in [1.165, 1.54) is 6.92 Å². The third kappa shape index (κ3) is 5.12. The first-order valence-corrected chi connectivity index (χ1v) is 17.8. The number of carboxylic acid groups (broad SMARTS) is 1. The van der Waals surface area contributed by atoms with Crippen LogP contribution >= 0.6 is 0 Å². The topological polar surface area (TPSA) is 137 Å². The van der Waals surface area contributed by atoms with E-state index in [1.54, 1.807) is 0 Å². The molecule has 9 heteroatoms. The molecule has 0 spiro atoms. The van der Waals surface area contributed by atoms with Gasteiger partial charge in [-0.05, 0) is 92.2 Å². The normalized spacial score (nSPS) is 44.0. The van der Waals surface area contributed by atoms with Crippen molar-refractivity contribution in [3.8, 4) is 0 Å². The molecule has 1 saturated heterocycles. The van der Waals surface area contributed by atoms with Crippen LogP contribution in [-0.2, 0) is 28.6 Å². The zero-order chi connectivity index (χ0) is 33.9.